The van der Waals surface area contributed by atoms with Crippen molar-refractivity contribution in [2.24, 2.45) is 0 Å². The van der Waals surface area contributed by atoms with E-state index in [1.807, 2.05) is 31.2 Å². The van der Waals surface area contributed by atoms with Gasteiger partial charge in [-0.05, 0) is 25.5 Å². The number of fused-ring (bicyclic) bond motifs is 1. The van der Waals surface area contributed by atoms with Crippen LogP contribution in [-0.4, -0.2) is 38.7 Å². The Kier molecular flexibility index (Phi) is 3.47. The van der Waals surface area contributed by atoms with Crippen molar-refractivity contribution in [3.63, 3.8) is 0 Å². The second kappa shape index (κ2) is 5.29. The molecule has 0 bridgehead atoms. The topological polar surface area (TPSA) is 71.2 Å². The molecule has 6 nitrogen and oxygen atoms in total. The number of para-hydroxylation sites is 1. The molecule has 0 spiro atoms. The molecule has 110 valence electrons. The van der Waals surface area contributed by atoms with E-state index in [2.05, 4.69) is 10.2 Å². The molecular weight excluding hydrogens is 268 g/mol. The summed E-state index contributed by atoms with van der Waals surface area (Å²) < 4.78 is 0. The van der Waals surface area contributed by atoms with Gasteiger partial charge >= 0.3 is 0 Å². The van der Waals surface area contributed by atoms with E-state index in [-0.39, 0.29) is 12.5 Å². The van der Waals surface area contributed by atoms with Gasteiger partial charge in [0.2, 0.25) is 0 Å². The highest BCUT2D eigenvalue weighted by Gasteiger charge is 2.30. The van der Waals surface area contributed by atoms with Crippen molar-refractivity contribution < 1.29 is 9.90 Å². The summed E-state index contributed by atoms with van der Waals surface area (Å²) in [6.45, 7) is 4.61. The zero-order valence-electron chi connectivity index (χ0n) is 12.2. The van der Waals surface area contributed by atoms with Crippen molar-refractivity contribution in [2.75, 3.05) is 11.4 Å². The molecule has 0 saturated carbocycles. The number of carbonyl (C=O) groups is 1. The molecule has 0 radical (unpaired) electrons. The summed E-state index contributed by atoms with van der Waals surface area (Å²) in [4.78, 5) is 15.9. The minimum Gasteiger partial charge on any atom is -0.391 e. The van der Waals surface area contributed by atoms with E-state index >= 15 is 0 Å². The van der Waals surface area contributed by atoms with Gasteiger partial charge in [0.05, 0.1) is 24.9 Å². The first-order chi connectivity index (χ1) is 10.1. The maximum absolute atomic E-state index is 12.8. The van der Waals surface area contributed by atoms with Crippen LogP contribution in [0.1, 0.15) is 28.7 Å². The Morgan fingerprint density at radius 3 is 2.86 bits per heavy atom. The first-order valence-electron chi connectivity index (χ1n) is 7.09. The van der Waals surface area contributed by atoms with Gasteiger partial charge in [-0.3, -0.25) is 4.79 Å². The van der Waals surface area contributed by atoms with E-state index in [0.717, 1.165) is 11.3 Å². The molecule has 3 rings (SSSR count). The Morgan fingerprint density at radius 2 is 2.14 bits per heavy atom. The highest BCUT2D eigenvalue weighted by molar-refractivity contribution is 6.06. The number of anilines is 1. The van der Waals surface area contributed by atoms with Crippen molar-refractivity contribution in [1.29, 1.82) is 0 Å². The van der Waals surface area contributed by atoms with Crippen LogP contribution < -0.4 is 4.90 Å². The van der Waals surface area contributed by atoms with E-state index in [1.54, 1.807) is 11.8 Å². The van der Waals surface area contributed by atoms with Gasteiger partial charge in [0.15, 0.2) is 5.69 Å². The van der Waals surface area contributed by atoms with Gasteiger partial charge in [-0.25, -0.2) is 0 Å². The third-order valence-corrected chi connectivity index (χ3v) is 3.69. The summed E-state index contributed by atoms with van der Waals surface area (Å²) in [5, 5.41) is 18.5. The van der Waals surface area contributed by atoms with E-state index in [4.69, 9.17) is 0 Å². The largest absolute Gasteiger partial charge is 0.391 e. The Balaban J connectivity index is 1.99. The lowest BCUT2D eigenvalue weighted by atomic mass is 9.99. The number of carbonyl (C=O) groups excluding carboxylic acids is 1. The molecule has 1 atom stereocenters. The fourth-order valence-corrected chi connectivity index (χ4v) is 2.66. The quantitative estimate of drug-likeness (QED) is 0.899. The summed E-state index contributed by atoms with van der Waals surface area (Å²) in [5.74, 6) is -0.210. The fraction of sp³-hybridized carbons (Fsp3) is 0.400. The van der Waals surface area contributed by atoms with Crippen LogP contribution in [-0.2, 0) is 13.0 Å². The third-order valence-electron chi connectivity index (χ3n) is 3.69. The van der Waals surface area contributed by atoms with Gasteiger partial charge < -0.3 is 10.0 Å². The molecule has 1 aliphatic heterocycles. The van der Waals surface area contributed by atoms with Crippen LogP contribution in [0.2, 0.25) is 0 Å². The molecule has 0 fully saturated rings. The van der Waals surface area contributed by atoms with Crippen molar-refractivity contribution in [3.05, 3.63) is 41.2 Å². The lowest BCUT2D eigenvalue weighted by molar-refractivity contribution is 0.0948. The Morgan fingerprint density at radius 1 is 1.38 bits per heavy atom. The van der Waals surface area contributed by atoms with Crippen LogP contribution in [0.5, 0.6) is 0 Å². The van der Waals surface area contributed by atoms with Gasteiger partial charge in [-0.15, -0.1) is 5.10 Å². The number of aromatic nitrogens is 3. The number of hydrogen-bond acceptors (Lipinski definition) is 4. The number of β-amino-alcohol motifs (C(OH)–C–C–N with tert-alkyl or cyclic N) is 1. The Labute approximate surface area is 123 Å². The first kappa shape index (κ1) is 13.8. The molecule has 21 heavy (non-hydrogen) atoms. The van der Waals surface area contributed by atoms with E-state index in [1.165, 1.54) is 4.80 Å². The predicted octanol–water partition coefficient (Wildman–Crippen LogP) is 1.17. The van der Waals surface area contributed by atoms with Crippen molar-refractivity contribution in [2.45, 2.75) is 32.9 Å². The second-order valence-corrected chi connectivity index (χ2v) is 5.22. The Hall–Kier alpha value is -2.21. The lowest BCUT2D eigenvalue weighted by Crippen LogP contribution is -2.42. The smallest absolute Gasteiger partial charge is 0.280 e. The molecule has 1 aromatic carbocycles. The molecule has 1 aliphatic rings. The molecule has 2 aromatic rings. The normalized spacial score (nSPS) is 17.7. The number of rotatable bonds is 2. The molecule has 0 saturated heterocycles. The highest BCUT2D eigenvalue weighted by atomic mass is 16.3. The van der Waals surface area contributed by atoms with Crippen molar-refractivity contribution in [3.8, 4) is 0 Å². The van der Waals surface area contributed by atoms with Crippen LogP contribution in [0.4, 0.5) is 5.69 Å². The van der Waals surface area contributed by atoms with Crippen LogP contribution in [0.15, 0.2) is 24.3 Å². The minimum atomic E-state index is -0.551. The second-order valence-electron chi connectivity index (χ2n) is 5.22. The predicted molar refractivity (Wildman–Crippen MR) is 78.3 cm³/mol. The number of aliphatic hydroxyl groups excluding tert-OH is 1. The zero-order valence-corrected chi connectivity index (χ0v) is 12.2. The SMILES string of the molecule is CCn1nc(C)c(C(=O)N2CC(O)Cc3ccccc32)n1. The molecular formula is C15H18N4O2. The van der Waals surface area contributed by atoms with Gasteiger partial charge in [-0.2, -0.15) is 9.90 Å². The number of nitrogens with zero attached hydrogens (tertiary/aromatic N) is 4. The number of benzene rings is 1. The van der Waals surface area contributed by atoms with Gasteiger partial charge in [0, 0.05) is 12.1 Å². The molecule has 1 amide bonds. The molecule has 2 heterocycles. The van der Waals surface area contributed by atoms with Crippen molar-refractivity contribution in [1.82, 2.24) is 15.0 Å². The van der Waals surface area contributed by atoms with Crippen LogP contribution in [0.25, 0.3) is 0 Å². The minimum absolute atomic E-state index is 0.210. The first-order valence-corrected chi connectivity index (χ1v) is 7.09. The van der Waals surface area contributed by atoms with E-state index < -0.39 is 6.10 Å². The highest BCUT2D eigenvalue weighted by Crippen LogP contribution is 2.28. The maximum Gasteiger partial charge on any atom is 0.280 e. The maximum atomic E-state index is 12.8. The summed E-state index contributed by atoms with van der Waals surface area (Å²) in [6, 6.07) is 7.65. The number of hydrogen-bond donors (Lipinski definition) is 1. The molecule has 1 aromatic heterocycles. The van der Waals surface area contributed by atoms with Gasteiger partial charge in [0.1, 0.15) is 0 Å². The average Bonchev–Trinajstić information content (AvgIpc) is 2.86. The summed E-state index contributed by atoms with van der Waals surface area (Å²) in [6.07, 6.45) is 0.0194. The molecule has 6 heteroatoms. The van der Waals surface area contributed by atoms with Gasteiger partial charge in [-0.1, -0.05) is 18.2 Å². The van der Waals surface area contributed by atoms with Crippen LogP contribution >= 0.6 is 0 Å². The summed E-state index contributed by atoms with van der Waals surface area (Å²) in [7, 11) is 0. The van der Waals surface area contributed by atoms with Gasteiger partial charge in [0.25, 0.3) is 5.91 Å². The summed E-state index contributed by atoms with van der Waals surface area (Å²) in [5.41, 5.74) is 2.78. The summed E-state index contributed by atoms with van der Waals surface area (Å²) >= 11 is 0. The Bertz CT molecular complexity index is 680. The van der Waals surface area contributed by atoms with E-state index in [9.17, 15) is 9.90 Å². The lowest BCUT2D eigenvalue weighted by Gasteiger charge is -2.31. The monoisotopic (exact) mass is 286 g/mol. The average molecular weight is 286 g/mol. The number of aliphatic hydroxyl groups is 1. The van der Waals surface area contributed by atoms with Crippen LogP contribution in [0.3, 0.4) is 0 Å². The van der Waals surface area contributed by atoms with Crippen molar-refractivity contribution >= 4 is 11.6 Å². The fourth-order valence-electron chi connectivity index (χ4n) is 2.66. The van der Waals surface area contributed by atoms with E-state index in [0.29, 0.717) is 24.4 Å². The number of aryl methyl sites for hydroxylation is 2. The standard InChI is InChI=1S/C15H18N4O2/c1-3-19-16-10(2)14(17-19)15(21)18-9-12(20)8-11-6-4-5-7-13(11)18/h4-7,12,20H,3,8-9H2,1-2H3. The molecule has 1 unspecified atom stereocenters. The zero-order chi connectivity index (χ0) is 15.0. The number of amides is 1. The van der Waals surface area contributed by atoms with Crippen LogP contribution in [0, 0.1) is 6.92 Å². The molecule has 1 N–H and O–H groups in total. The third kappa shape index (κ3) is 2.42. The molecule has 0 aliphatic carbocycles.